The van der Waals surface area contributed by atoms with Crippen molar-refractivity contribution in [1.82, 2.24) is 9.29 Å². The summed E-state index contributed by atoms with van der Waals surface area (Å²) in [7, 11) is -3.71. The number of morpholine rings is 1. The van der Waals surface area contributed by atoms with E-state index in [1.165, 1.54) is 27.8 Å². The van der Waals surface area contributed by atoms with E-state index in [2.05, 4.69) is 0 Å². The fraction of sp³-hybridized carbons (Fsp3) is 0.286. The highest BCUT2D eigenvalue weighted by Gasteiger charge is 2.32. The minimum Gasteiger partial charge on any atom is -0.373 e. The van der Waals surface area contributed by atoms with E-state index in [1.54, 1.807) is 17.0 Å². The topological polar surface area (TPSA) is 79.8 Å². The van der Waals surface area contributed by atoms with Crippen LogP contribution in [0.15, 0.2) is 71.6 Å². The van der Waals surface area contributed by atoms with Crippen molar-refractivity contribution >= 4 is 54.2 Å². The quantitative estimate of drug-likeness (QED) is 0.289. The minimum atomic E-state index is -3.71. The summed E-state index contributed by atoms with van der Waals surface area (Å²) in [5.41, 5.74) is 3.04. The van der Waals surface area contributed by atoms with Crippen LogP contribution in [0, 0.1) is 6.92 Å². The number of thiazole rings is 1. The Kier molecular flexibility index (Phi) is 7.57. The lowest BCUT2D eigenvalue weighted by Gasteiger charge is -2.34. The van der Waals surface area contributed by atoms with Gasteiger partial charge in [-0.2, -0.15) is 4.31 Å². The standard InChI is InChI=1S/C28H28ClN3O4S2/c1-18-9-14-24(29)26-25(18)30-28(37-26)32(17-21-7-5-4-6-8-21)27(33)22-10-12-23(13-11-22)38(34,35)31-15-19(2)36-20(3)16-31/h4-14,19-20H,15-17H2,1-3H3. The first-order chi connectivity index (χ1) is 18.1. The fourth-order valence-corrected chi connectivity index (χ4v) is 7.50. The van der Waals surface area contributed by atoms with Gasteiger partial charge in [0.15, 0.2) is 5.13 Å². The van der Waals surface area contributed by atoms with Crippen LogP contribution in [0.1, 0.15) is 35.3 Å². The van der Waals surface area contributed by atoms with Crippen LogP contribution < -0.4 is 4.90 Å². The average molecular weight is 570 g/mol. The third-order valence-electron chi connectivity index (χ3n) is 6.47. The maximum Gasteiger partial charge on any atom is 0.260 e. The molecule has 1 aliphatic heterocycles. The molecule has 5 rings (SSSR count). The number of aromatic nitrogens is 1. The second kappa shape index (κ2) is 10.7. The van der Waals surface area contributed by atoms with Crippen molar-refractivity contribution in [2.45, 2.75) is 44.4 Å². The molecule has 2 atom stereocenters. The molecular formula is C28H28ClN3O4S2. The molecule has 0 spiro atoms. The van der Waals surface area contributed by atoms with Gasteiger partial charge in [-0.05, 0) is 62.2 Å². The van der Waals surface area contributed by atoms with Crippen molar-refractivity contribution in [3.63, 3.8) is 0 Å². The molecule has 3 aromatic carbocycles. The Labute approximate surface area is 231 Å². The van der Waals surface area contributed by atoms with Crippen molar-refractivity contribution < 1.29 is 17.9 Å². The minimum absolute atomic E-state index is 0.146. The Morgan fingerprint density at radius 1 is 1.05 bits per heavy atom. The highest BCUT2D eigenvalue weighted by molar-refractivity contribution is 7.89. The molecule has 0 saturated carbocycles. The summed E-state index contributed by atoms with van der Waals surface area (Å²) in [6.07, 6.45) is -0.376. The summed E-state index contributed by atoms with van der Waals surface area (Å²) in [5.74, 6) is -0.278. The van der Waals surface area contributed by atoms with Crippen molar-refractivity contribution in [1.29, 1.82) is 0 Å². The molecule has 0 aliphatic carbocycles. The van der Waals surface area contributed by atoms with Gasteiger partial charge < -0.3 is 4.74 Å². The lowest BCUT2D eigenvalue weighted by Crippen LogP contribution is -2.48. The van der Waals surface area contributed by atoms with Crippen LogP contribution in [0.2, 0.25) is 5.02 Å². The normalized spacial score (nSPS) is 18.5. The van der Waals surface area contributed by atoms with E-state index in [4.69, 9.17) is 21.3 Å². The number of nitrogens with zero attached hydrogens (tertiary/aromatic N) is 3. The van der Waals surface area contributed by atoms with Gasteiger partial charge in [-0.15, -0.1) is 0 Å². The monoisotopic (exact) mass is 569 g/mol. The van der Waals surface area contributed by atoms with Gasteiger partial charge in [0.1, 0.15) is 0 Å². The summed E-state index contributed by atoms with van der Waals surface area (Å²) in [6.45, 7) is 6.56. The first kappa shape index (κ1) is 26.8. The Balaban J connectivity index is 1.48. The fourth-order valence-electron chi connectivity index (χ4n) is 4.60. The van der Waals surface area contributed by atoms with Gasteiger partial charge in [-0.25, -0.2) is 13.4 Å². The molecule has 1 aliphatic rings. The molecule has 1 fully saturated rings. The molecule has 38 heavy (non-hydrogen) atoms. The second-order valence-electron chi connectivity index (χ2n) is 9.52. The maximum atomic E-state index is 13.8. The van der Waals surface area contributed by atoms with Gasteiger partial charge in [-0.3, -0.25) is 9.69 Å². The van der Waals surface area contributed by atoms with Crippen LogP contribution in [-0.4, -0.2) is 48.9 Å². The molecule has 7 nitrogen and oxygen atoms in total. The summed E-state index contributed by atoms with van der Waals surface area (Å²) in [4.78, 5) is 20.4. The first-order valence-electron chi connectivity index (χ1n) is 12.3. The molecule has 2 unspecified atom stereocenters. The number of hydrogen-bond acceptors (Lipinski definition) is 6. The zero-order valence-electron chi connectivity index (χ0n) is 21.3. The number of aryl methyl sites for hydroxylation is 1. The molecule has 1 saturated heterocycles. The smallest absolute Gasteiger partial charge is 0.260 e. The van der Waals surface area contributed by atoms with Crippen molar-refractivity contribution in [3.05, 3.63) is 88.4 Å². The summed E-state index contributed by atoms with van der Waals surface area (Å²) < 4.78 is 34.5. The molecule has 0 N–H and O–H groups in total. The van der Waals surface area contributed by atoms with Gasteiger partial charge in [0, 0.05) is 18.7 Å². The van der Waals surface area contributed by atoms with Crippen molar-refractivity contribution in [3.8, 4) is 0 Å². The SMILES string of the molecule is Cc1ccc(Cl)c2sc(N(Cc3ccccc3)C(=O)c3ccc(S(=O)(=O)N4CC(C)OC(C)C4)cc3)nc12. The molecule has 1 amide bonds. The number of anilines is 1. The van der Waals surface area contributed by atoms with E-state index in [0.29, 0.717) is 22.3 Å². The Morgan fingerprint density at radius 3 is 2.34 bits per heavy atom. The van der Waals surface area contributed by atoms with E-state index in [-0.39, 0.29) is 36.1 Å². The van der Waals surface area contributed by atoms with Crippen LogP contribution in [0.5, 0.6) is 0 Å². The number of rotatable bonds is 6. The maximum absolute atomic E-state index is 13.8. The highest BCUT2D eigenvalue weighted by atomic mass is 35.5. The van der Waals surface area contributed by atoms with Crippen molar-refractivity contribution in [2.24, 2.45) is 0 Å². The molecule has 10 heteroatoms. The molecular weight excluding hydrogens is 542 g/mol. The highest BCUT2D eigenvalue weighted by Crippen LogP contribution is 2.36. The molecule has 4 aromatic rings. The number of carbonyl (C=O) groups is 1. The van der Waals surface area contributed by atoms with E-state index in [0.717, 1.165) is 21.3 Å². The average Bonchev–Trinajstić information content (AvgIpc) is 3.36. The number of carbonyl (C=O) groups excluding carboxylic acids is 1. The van der Waals surface area contributed by atoms with Crippen LogP contribution in [-0.2, 0) is 21.3 Å². The number of benzene rings is 3. The molecule has 0 radical (unpaired) electrons. The van der Waals surface area contributed by atoms with Crippen LogP contribution in [0.3, 0.4) is 0 Å². The van der Waals surface area contributed by atoms with Crippen LogP contribution >= 0.6 is 22.9 Å². The van der Waals surface area contributed by atoms with E-state index < -0.39 is 10.0 Å². The summed E-state index contributed by atoms with van der Waals surface area (Å²) in [5, 5.41) is 1.11. The molecule has 2 heterocycles. The predicted molar refractivity (Wildman–Crippen MR) is 152 cm³/mol. The third-order valence-corrected chi connectivity index (χ3v) is 9.86. The zero-order chi connectivity index (χ0) is 27.0. The van der Waals surface area contributed by atoms with Gasteiger partial charge in [0.25, 0.3) is 5.91 Å². The summed E-state index contributed by atoms with van der Waals surface area (Å²) in [6, 6.07) is 19.5. The number of fused-ring (bicyclic) bond motifs is 1. The number of ether oxygens (including phenoxy) is 1. The Hall–Kier alpha value is -2.82. The van der Waals surface area contributed by atoms with Gasteiger partial charge in [-0.1, -0.05) is 59.3 Å². The first-order valence-corrected chi connectivity index (χ1v) is 14.9. The van der Waals surface area contributed by atoms with Crippen LogP contribution in [0.25, 0.3) is 10.2 Å². The largest absolute Gasteiger partial charge is 0.373 e. The number of amides is 1. The summed E-state index contributed by atoms with van der Waals surface area (Å²) >= 11 is 7.81. The van der Waals surface area contributed by atoms with Gasteiger partial charge in [0.2, 0.25) is 10.0 Å². The van der Waals surface area contributed by atoms with E-state index in [1.807, 2.05) is 63.2 Å². The third kappa shape index (κ3) is 5.34. The number of hydrogen-bond donors (Lipinski definition) is 0. The lowest BCUT2D eigenvalue weighted by atomic mass is 10.1. The van der Waals surface area contributed by atoms with Gasteiger partial charge in [0.05, 0.1) is 38.9 Å². The Morgan fingerprint density at radius 2 is 1.71 bits per heavy atom. The van der Waals surface area contributed by atoms with Crippen LogP contribution in [0.4, 0.5) is 5.13 Å². The van der Waals surface area contributed by atoms with E-state index >= 15 is 0 Å². The molecule has 0 bridgehead atoms. The molecule has 1 aromatic heterocycles. The molecule has 198 valence electrons. The van der Waals surface area contributed by atoms with E-state index in [9.17, 15) is 13.2 Å². The second-order valence-corrected chi connectivity index (χ2v) is 12.8. The Bertz CT molecular complexity index is 1520. The predicted octanol–water partition coefficient (Wildman–Crippen LogP) is 5.90. The van der Waals surface area contributed by atoms with Gasteiger partial charge >= 0.3 is 0 Å². The number of sulfonamides is 1. The van der Waals surface area contributed by atoms with Crippen molar-refractivity contribution in [2.75, 3.05) is 18.0 Å². The lowest BCUT2D eigenvalue weighted by molar-refractivity contribution is -0.0440. The zero-order valence-corrected chi connectivity index (χ0v) is 23.7. The number of halogens is 1.